The maximum absolute atomic E-state index is 12.3. The highest BCUT2D eigenvalue weighted by Gasteiger charge is 2.33. The zero-order valence-corrected chi connectivity index (χ0v) is 21.2. The molecule has 1 aliphatic rings. The van der Waals surface area contributed by atoms with Crippen molar-refractivity contribution in [2.75, 3.05) is 11.4 Å². The largest absolute Gasteiger partial charge is 0.479 e. The van der Waals surface area contributed by atoms with E-state index in [1.807, 2.05) is 36.4 Å². The van der Waals surface area contributed by atoms with Gasteiger partial charge < -0.3 is 25.4 Å². The molecule has 1 aliphatic carbocycles. The van der Waals surface area contributed by atoms with E-state index >= 15 is 0 Å². The minimum Gasteiger partial charge on any atom is -0.479 e. The molecule has 1 amide bonds. The highest BCUT2D eigenvalue weighted by Crippen LogP contribution is 2.40. The van der Waals surface area contributed by atoms with Crippen molar-refractivity contribution >= 4 is 28.9 Å². The van der Waals surface area contributed by atoms with Crippen LogP contribution in [0.3, 0.4) is 0 Å². The summed E-state index contributed by atoms with van der Waals surface area (Å²) in [6.45, 7) is 7.30. The Labute approximate surface area is 211 Å². The number of aliphatic carboxylic acids is 1. The minimum atomic E-state index is -1.63. The van der Waals surface area contributed by atoms with Crippen molar-refractivity contribution in [1.82, 2.24) is 15.3 Å². The number of benzene rings is 2. The van der Waals surface area contributed by atoms with Crippen molar-refractivity contribution in [3.63, 3.8) is 0 Å². The van der Waals surface area contributed by atoms with Crippen molar-refractivity contribution in [3.05, 3.63) is 59.7 Å². The summed E-state index contributed by atoms with van der Waals surface area (Å²) in [6, 6.07) is 15.7. The van der Waals surface area contributed by atoms with E-state index in [0.717, 1.165) is 35.4 Å². The molecule has 0 saturated heterocycles. The lowest BCUT2D eigenvalue weighted by atomic mass is 9.71. The van der Waals surface area contributed by atoms with Gasteiger partial charge in [0.2, 0.25) is 5.95 Å². The number of aromatic nitrogens is 2. The predicted molar refractivity (Wildman–Crippen MR) is 140 cm³/mol. The number of carbonyl (C=O) groups is 2. The number of aromatic amines is 1. The fraction of sp³-hybridized carbons (Fsp3) is 0.464. The first-order chi connectivity index (χ1) is 17.1. The lowest BCUT2D eigenvalue weighted by molar-refractivity contribution is -0.146. The van der Waals surface area contributed by atoms with Crippen LogP contribution < -0.4 is 10.2 Å². The molecule has 192 valence electrons. The van der Waals surface area contributed by atoms with Crippen LogP contribution in [0.4, 0.5) is 5.95 Å². The third-order valence-corrected chi connectivity index (χ3v) is 7.32. The van der Waals surface area contributed by atoms with Crippen LogP contribution in [0, 0.1) is 11.3 Å². The first-order valence-electron chi connectivity index (χ1n) is 12.6. The molecule has 8 heteroatoms. The van der Waals surface area contributed by atoms with Gasteiger partial charge in [0.1, 0.15) is 0 Å². The summed E-state index contributed by atoms with van der Waals surface area (Å²) in [6.07, 6.45) is 2.95. The summed E-state index contributed by atoms with van der Waals surface area (Å²) in [4.78, 5) is 33.8. The molecule has 4 rings (SSSR count). The molecule has 1 atom stereocenters. The lowest BCUT2D eigenvalue weighted by Crippen LogP contribution is -2.40. The highest BCUT2D eigenvalue weighted by atomic mass is 16.4. The maximum atomic E-state index is 12.3. The first-order valence-corrected chi connectivity index (χ1v) is 12.6. The fourth-order valence-electron chi connectivity index (χ4n) is 5.04. The second kappa shape index (κ2) is 10.7. The zero-order valence-electron chi connectivity index (χ0n) is 21.2. The molecule has 0 aliphatic heterocycles. The number of hydrogen-bond acceptors (Lipinski definition) is 5. The number of anilines is 1. The summed E-state index contributed by atoms with van der Waals surface area (Å²) in [5, 5.41) is 20.6. The number of H-pyrrole nitrogens is 1. The Morgan fingerprint density at radius 1 is 1.08 bits per heavy atom. The fourth-order valence-corrected chi connectivity index (χ4v) is 5.04. The molecule has 36 heavy (non-hydrogen) atoms. The number of carboxylic acids is 1. The smallest absolute Gasteiger partial charge is 0.334 e. The van der Waals surface area contributed by atoms with Crippen LogP contribution in [0.15, 0.2) is 48.5 Å². The van der Waals surface area contributed by atoms with Gasteiger partial charge in [0.15, 0.2) is 6.10 Å². The van der Waals surface area contributed by atoms with Crippen LogP contribution >= 0.6 is 0 Å². The molecular formula is C28H36N4O4. The van der Waals surface area contributed by atoms with E-state index in [1.54, 1.807) is 12.1 Å². The second-order valence-electron chi connectivity index (χ2n) is 10.8. The molecule has 2 aromatic carbocycles. The SMILES string of the molecule is CC(C)(C)C1CCC(N(Cc2ccc(C(=O)NC[C@@H](O)C(=O)O)cc2)c2nc3ccccc3[nH]2)CC1. The van der Waals surface area contributed by atoms with Gasteiger partial charge in [-0.15, -0.1) is 0 Å². The van der Waals surface area contributed by atoms with Gasteiger partial charge in [0, 0.05) is 18.2 Å². The van der Waals surface area contributed by atoms with E-state index in [9.17, 15) is 14.7 Å². The summed E-state index contributed by atoms with van der Waals surface area (Å²) < 4.78 is 0. The molecule has 0 spiro atoms. The number of nitrogens with one attached hydrogen (secondary N) is 2. The number of carboxylic acid groups (broad SMARTS) is 1. The van der Waals surface area contributed by atoms with Gasteiger partial charge in [0.05, 0.1) is 17.6 Å². The Morgan fingerprint density at radius 2 is 1.75 bits per heavy atom. The van der Waals surface area contributed by atoms with Crippen LogP contribution in [0.1, 0.15) is 62.4 Å². The molecule has 1 fully saturated rings. The number of nitrogens with zero attached hydrogens (tertiary/aromatic N) is 2. The van der Waals surface area contributed by atoms with Gasteiger partial charge in [-0.2, -0.15) is 0 Å². The zero-order chi connectivity index (χ0) is 25.9. The molecular weight excluding hydrogens is 456 g/mol. The molecule has 0 bridgehead atoms. The third kappa shape index (κ3) is 6.05. The topological polar surface area (TPSA) is 119 Å². The first kappa shape index (κ1) is 25.7. The van der Waals surface area contributed by atoms with Crippen molar-refractivity contribution in [1.29, 1.82) is 0 Å². The Balaban J connectivity index is 1.50. The molecule has 1 saturated carbocycles. The molecule has 0 unspecified atom stereocenters. The Kier molecular flexibility index (Phi) is 7.64. The quantitative estimate of drug-likeness (QED) is 0.371. The Hall–Kier alpha value is -3.39. The lowest BCUT2D eigenvalue weighted by Gasteiger charge is -2.41. The number of carbonyl (C=O) groups excluding carboxylic acids is 1. The van der Waals surface area contributed by atoms with Gasteiger partial charge in [-0.1, -0.05) is 45.0 Å². The van der Waals surface area contributed by atoms with E-state index in [4.69, 9.17) is 10.1 Å². The summed E-state index contributed by atoms with van der Waals surface area (Å²) >= 11 is 0. The standard InChI is InChI=1S/C28H36N4O4/c1-28(2,3)20-12-14-21(15-13-20)32(27-30-22-6-4-5-7-23(22)31-27)17-18-8-10-19(11-9-18)25(34)29-16-24(33)26(35)36/h4-11,20-21,24,33H,12-17H2,1-3H3,(H,29,34)(H,30,31)(H,35,36)/t20?,21?,24-/m1/s1. The Morgan fingerprint density at radius 3 is 2.36 bits per heavy atom. The van der Waals surface area contributed by atoms with Crippen LogP contribution in [-0.4, -0.2) is 50.7 Å². The van der Waals surface area contributed by atoms with Crippen LogP contribution in [0.2, 0.25) is 0 Å². The van der Waals surface area contributed by atoms with Crippen molar-refractivity contribution in [2.45, 2.75) is 65.1 Å². The molecule has 8 nitrogen and oxygen atoms in total. The summed E-state index contributed by atoms with van der Waals surface area (Å²) in [5.74, 6) is -0.215. The van der Waals surface area contributed by atoms with Gasteiger partial charge in [-0.05, 0) is 66.8 Å². The molecule has 0 radical (unpaired) electrons. The molecule has 1 aromatic heterocycles. The van der Waals surface area contributed by atoms with Gasteiger partial charge in [0.25, 0.3) is 5.91 Å². The van der Waals surface area contributed by atoms with Crippen LogP contribution in [0.25, 0.3) is 11.0 Å². The number of rotatable bonds is 8. The van der Waals surface area contributed by atoms with Gasteiger partial charge in [-0.3, -0.25) is 4.79 Å². The number of imidazole rings is 1. The number of hydrogen-bond donors (Lipinski definition) is 4. The van der Waals surface area contributed by atoms with Gasteiger partial charge >= 0.3 is 5.97 Å². The summed E-state index contributed by atoms with van der Waals surface area (Å²) in [5.41, 5.74) is 3.73. The number of aliphatic hydroxyl groups excluding tert-OH is 1. The average molecular weight is 493 g/mol. The average Bonchev–Trinajstić information content (AvgIpc) is 3.29. The van der Waals surface area contributed by atoms with Crippen LogP contribution in [0.5, 0.6) is 0 Å². The third-order valence-electron chi connectivity index (χ3n) is 7.32. The van der Waals surface area contributed by atoms with E-state index in [0.29, 0.717) is 29.5 Å². The van der Waals surface area contributed by atoms with Crippen molar-refractivity contribution in [3.8, 4) is 0 Å². The van der Waals surface area contributed by atoms with Crippen LogP contribution in [-0.2, 0) is 11.3 Å². The molecule has 1 heterocycles. The number of aliphatic hydroxyl groups is 1. The molecule has 3 aromatic rings. The van der Waals surface area contributed by atoms with Crippen molar-refractivity contribution in [2.24, 2.45) is 11.3 Å². The highest BCUT2D eigenvalue weighted by molar-refractivity contribution is 5.94. The maximum Gasteiger partial charge on any atom is 0.334 e. The monoisotopic (exact) mass is 492 g/mol. The number of amides is 1. The van der Waals surface area contributed by atoms with E-state index in [1.165, 1.54) is 12.8 Å². The number of fused-ring (bicyclic) bond motifs is 1. The number of para-hydroxylation sites is 2. The normalized spacial score (nSPS) is 19.1. The molecule has 4 N–H and O–H groups in total. The van der Waals surface area contributed by atoms with Crippen molar-refractivity contribution < 1.29 is 19.8 Å². The van der Waals surface area contributed by atoms with E-state index in [-0.39, 0.29) is 6.54 Å². The Bertz CT molecular complexity index is 1160. The summed E-state index contributed by atoms with van der Waals surface area (Å²) in [7, 11) is 0. The second-order valence-corrected chi connectivity index (χ2v) is 10.8. The van der Waals surface area contributed by atoms with Gasteiger partial charge in [-0.25, -0.2) is 9.78 Å². The minimum absolute atomic E-state index is 0.312. The van der Waals surface area contributed by atoms with E-state index in [2.05, 4.69) is 36.0 Å². The predicted octanol–water partition coefficient (Wildman–Crippen LogP) is 4.35. The van der Waals surface area contributed by atoms with E-state index < -0.39 is 18.0 Å².